The summed E-state index contributed by atoms with van der Waals surface area (Å²) in [5, 5.41) is 4.61. The molecule has 0 aliphatic carbocycles. The Morgan fingerprint density at radius 2 is 1.71 bits per heavy atom. The molecule has 3 rings (SSSR count). The number of ether oxygens (including phenoxy) is 1. The second-order valence-electron chi connectivity index (χ2n) is 6.41. The van der Waals surface area contributed by atoms with E-state index in [4.69, 9.17) is 21.1 Å². The number of aryl methyl sites for hydroxylation is 1. The van der Waals surface area contributed by atoms with Crippen LogP contribution in [0, 0.1) is 6.92 Å². The fraction of sp³-hybridized carbons (Fsp3) is 0.150. The molecule has 1 aliphatic heterocycles. The number of rotatable bonds is 6. The summed E-state index contributed by atoms with van der Waals surface area (Å²) >= 11 is 8.07. The Kier molecular flexibility index (Phi) is 6.77. The number of hydrogen-bond acceptors (Lipinski definition) is 7. The zero-order valence-corrected chi connectivity index (χ0v) is 19.6. The van der Waals surface area contributed by atoms with E-state index in [2.05, 4.69) is 26.6 Å². The van der Waals surface area contributed by atoms with E-state index in [1.807, 2.05) is 6.92 Å². The molecule has 2 amide bonds. The Labute approximate surface area is 192 Å². The van der Waals surface area contributed by atoms with Crippen molar-refractivity contribution in [2.45, 2.75) is 18.7 Å². The molecule has 2 aromatic carbocycles. The minimum Gasteiger partial charge on any atom is -0.490 e. The average Bonchev–Trinajstić information content (AvgIpc) is 2.68. The van der Waals surface area contributed by atoms with Gasteiger partial charge in [-0.3, -0.25) is 20.2 Å². The standard InChI is InChI=1S/C20H17BrN2O6S2/c1-3-28-16-10-12(8-14-18(24)22-20(30)23-19(14)25)9-15(21)17(16)29-31(26,27)13-6-4-11(2)5-7-13/h4-10H,3H2,1-2H3,(H2,22,23,24,25,30). The molecule has 2 aromatic rings. The van der Waals surface area contributed by atoms with Gasteiger partial charge in [0.25, 0.3) is 11.8 Å². The molecule has 0 spiro atoms. The topological polar surface area (TPSA) is 111 Å². The summed E-state index contributed by atoms with van der Waals surface area (Å²) in [5.41, 5.74) is 1.15. The van der Waals surface area contributed by atoms with Crippen molar-refractivity contribution in [3.63, 3.8) is 0 Å². The van der Waals surface area contributed by atoms with E-state index in [9.17, 15) is 18.0 Å². The molecule has 31 heavy (non-hydrogen) atoms. The largest absolute Gasteiger partial charge is 0.490 e. The quantitative estimate of drug-likeness (QED) is 0.258. The van der Waals surface area contributed by atoms with E-state index in [1.54, 1.807) is 19.1 Å². The van der Waals surface area contributed by atoms with E-state index >= 15 is 0 Å². The van der Waals surface area contributed by atoms with Gasteiger partial charge in [-0.05, 0) is 77.9 Å². The van der Waals surface area contributed by atoms with Crippen molar-refractivity contribution in [3.05, 3.63) is 57.6 Å². The number of carbonyl (C=O) groups is 2. The van der Waals surface area contributed by atoms with E-state index in [0.29, 0.717) is 5.56 Å². The lowest BCUT2D eigenvalue weighted by atomic mass is 10.1. The summed E-state index contributed by atoms with van der Waals surface area (Å²) in [4.78, 5) is 24.1. The molecular formula is C20H17BrN2O6S2. The van der Waals surface area contributed by atoms with Crippen LogP contribution in [0.3, 0.4) is 0 Å². The van der Waals surface area contributed by atoms with Gasteiger partial charge in [-0.25, -0.2) is 0 Å². The first-order valence-corrected chi connectivity index (χ1v) is 11.6. The number of carbonyl (C=O) groups excluding carboxylic acids is 2. The maximum Gasteiger partial charge on any atom is 0.339 e. The average molecular weight is 525 g/mol. The lowest BCUT2D eigenvalue weighted by Gasteiger charge is -2.17. The number of amides is 2. The van der Waals surface area contributed by atoms with Crippen LogP contribution < -0.4 is 19.6 Å². The molecule has 11 heteroatoms. The first-order valence-electron chi connectivity index (χ1n) is 8.96. The minimum absolute atomic E-state index is 0.00911. The lowest BCUT2D eigenvalue weighted by Crippen LogP contribution is -2.51. The highest BCUT2D eigenvalue weighted by molar-refractivity contribution is 9.10. The molecular weight excluding hydrogens is 508 g/mol. The van der Waals surface area contributed by atoms with Crippen molar-refractivity contribution in [2.24, 2.45) is 0 Å². The third-order valence-electron chi connectivity index (χ3n) is 4.09. The van der Waals surface area contributed by atoms with Crippen LogP contribution >= 0.6 is 28.1 Å². The van der Waals surface area contributed by atoms with Crippen LogP contribution in [0.1, 0.15) is 18.1 Å². The zero-order valence-electron chi connectivity index (χ0n) is 16.4. The molecule has 0 unspecified atom stereocenters. The molecule has 1 fully saturated rings. The normalized spacial score (nSPS) is 14.0. The van der Waals surface area contributed by atoms with Crippen molar-refractivity contribution < 1.29 is 26.9 Å². The first-order chi connectivity index (χ1) is 14.6. The van der Waals surface area contributed by atoms with E-state index in [1.165, 1.54) is 30.3 Å². The molecule has 0 radical (unpaired) electrons. The summed E-state index contributed by atoms with van der Waals surface area (Å²) in [6.45, 7) is 3.79. The molecule has 0 aromatic heterocycles. The van der Waals surface area contributed by atoms with Gasteiger partial charge >= 0.3 is 10.1 Å². The summed E-state index contributed by atoms with van der Waals surface area (Å²) in [5.74, 6) is -1.23. The Balaban J connectivity index is 2.00. The molecule has 1 heterocycles. The van der Waals surface area contributed by atoms with Crippen molar-refractivity contribution in [1.82, 2.24) is 10.6 Å². The summed E-state index contributed by atoms with van der Waals surface area (Å²) < 4.78 is 36.6. The third-order valence-corrected chi connectivity index (χ3v) is 6.12. The van der Waals surface area contributed by atoms with Crippen LogP contribution in [0.2, 0.25) is 0 Å². The highest BCUT2D eigenvalue weighted by Gasteiger charge is 2.27. The van der Waals surface area contributed by atoms with Crippen LogP contribution in [0.4, 0.5) is 0 Å². The van der Waals surface area contributed by atoms with Crippen LogP contribution in [-0.2, 0) is 19.7 Å². The molecule has 162 valence electrons. The monoisotopic (exact) mass is 524 g/mol. The fourth-order valence-corrected chi connectivity index (χ4v) is 4.44. The smallest absolute Gasteiger partial charge is 0.339 e. The van der Waals surface area contributed by atoms with Crippen LogP contribution in [0.5, 0.6) is 11.5 Å². The zero-order chi connectivity index (χ0) is 22.8. The Hall–Kier alpha value is -2.76. The number of thiocarbonyl (C=S) groups is 1. The van der Waals surface area contributed by atoms with Gasteiger partial charge in [-0.15, -0.1) is 0 Å². The highest BCUT2D eigenvalue weighted by atomic mass is 79.9. The molecule has 1 saturated heterocycles. The van der Waals surface area contributed by atoms with Crippen LogP contribution in [0.25, 0.3) is 6.08 Å². The van der Waals surface area contributed by atoms with Gasteiger partial charge in [-0.1, -0.05) is 17.7 Å². The first kappa shape index (κ1) is 22.9. The van der Waals surface area contributed by atoms with Crippen LogP contribution in [0.15, 0.2) is 51.3 Å². The Bertz CT molecular complexity index is 1180. The van der Waals surface area contributed by atoms with Gasteiger partial charge in [0.15, 0.2) is 16.6 Å². The lowest BCUT2D eigenvalue weighted by molar-refractivity contribution is -0.123. The van der Waals surface area contributed by atoms with E-state index in [-0.39, 0.29) is 38.2 Å². The number of halogens is 1. The maximum absolute atomic E-state index is 12.7. The van der Waals surface area contributed by atoms with Gasteiger partial charge < -0.3 is 8.92 Å². The molecule has 1 aliphatic rings. The second kappa shape index (κ2) is 9.16. The highest BCUT2D eigenvalue weighted by Crippen LogP contribution is 2.39. The van der Waals surface area contributed by atoms with Crippen molar-refractivity contribution in [3.8, 4) is 11.5 Å². The fourth-order valence-electron chi connectivity index (χ4n) is 2.65. The van der Waals surface area contributed by atoms with Gasteiger partial charge in [0.2, 0.25) is 0 Å². The number of hydrogen-bond donors (Lipinski definition) is 2. The molecule has 8 nitrogen and oxygen atoms in total. The maximum atomic E-state index is 12.7. The Morgan fingerprint density at radius 3 is 2.29 bits per heavy atom. The van der Waals surface area contributed by atoms with E-state index in [0.717, 1.165) is 5.56 Å². The predicted octanol–water partition coefficient (Wildman–Crippen LogP) is 2.84. The SMILES string of the molecule is CCOc1cc(C=C2C(=O)NC(=S)NC2=O)cc(Br)c1OS(=O)(=O)c1ccc(C)cc1. The molecule has 0 atom stereocenters. The van der Waals surface area contributed by atoms with E-state index < -0.39 is 21.9 Å². The number of nitrogens with one attached hydrogen (secondary N) is 2. The van der Waals surface area contributed by atoms with Crippen molar-refractivity contribution in [2.75, 3.05) is 6.61 Å². The summed E-state index contributed by atoms with van der Waals surface area (Å²) in [6, 6.07) is 9.19. The van der Waals surface area contributed by atoms with Gasteiger partial charge in [-0.2, -0.15) is 8.42 Å². The minimum atomic E-state index is -4.13. The van der Waals surface area contributed by atoms with Crippen LogP contribution in [-0.4, -0.2) is 32.0 Å². The molecule has 0 saturated carbocycles. The molecule has 2 N–H and O–H groups in total. The van der Waals surface area contributed by atoms with Gasteiger partial charge in [0.1, 0.15) is 10.5 Å². The number of benzene rings is 2. The molecule has 0 bridgehead atoms. The third kappa shape index (κ3) is 5.30. The second-order valence-corrected chi connectivity index (χ2v) is 9.22. The van der Waals surface area contributed by atoms with Crippen molar-refractivity contribution in [1.29, 1.82) is 0 Å². The van der Waals surface area contributed by atoms with Crippen molar-refractivity contribution >= 4 is 61.3 Å². The summed E-state index contributed by atoms with van der Waals surface area (Å²) in [6.07, 6.45) is 1.33. The summed E-state index contributed by atoms with van der Waals surface area (Å²) in [7, 11) is -4.13. The predicted molar refractivity (Wildman–Crippen MR) is 121 cm³/mol. The Morgan fingerprint density at radius 1 is 1.10 bits per heavy atom. The van der Waals surface area contributed by atoms with Gasteiger partial charge in [0, 0.05) is 0 Å². The van der Waals surface area contributed by atoms with Gasteiger partial charge in [0.05, 0.1) is 11.1 Å².